The quantitative estimate of drug-likeness (QED) is 0.713. The first-order chi connectivity index (χ1) is 14.1. The Kier molecular flexibility index (Phi) is 5.33. The Morgan fingerprint density at radius 1 is 1.10 bits per heavy atom. The highest BCUT2D eigenvalue weighted by Crippen LogP contribution is 2.21. The van der Waals surface area contributed by atoms with Crippen molar-refractivity contribution in [2.24, 2.45) is 0 Å². The van der Waals surface area contributed by atoms with Crippen molar-refractivity contribution < 1.29 is 14.1 Å². The lowest BCUT2D eigenvalue weighted by Gasteiger charge is -2.36. The molecular formula is C21H23N5O3. The zero-order valence-electron chi connectivity index (χ0n) is 16.5. The van der Waals surface area contributed by atoms with E-state index in [0.29, 0.717) is 24.6 Å². The number of amides is 1. The molecule has 0 aliphatic carbocycles. The second-order valence-electron chi connectivity index (χ2n) is 6.86. The maximum Gasteiger partial charge on any atom is 0.272 e. The van der Waals surface area contributed by atoms with E-state index in [2.05, 4.69) is 20.4 Å². The number of piperazine rings is 1. The molecule has 0 spiro atoms. The average Bonchev–Trinajstić information content (AvgIpc) is 3.18. The van der Waals surface area contributed by atoms with E-state index in [0.717, 1.165) is 36.0 Å². The SMILES string of the molecule is COc1ccc(N2CCN(C(=O)c3ccc(Nc4cc(C)on4)cn3)CC2)cc1. The van der Waals surface area contributed by atoms with Crippen molar-refractivity contribution in [3.05, 3.63) is 60.1 Å². The average molecular weight is 393 g/mol. The normalized spacial score (nSPS) is 14.0. The van der Waals surface area contributed by atoms with Gasteiger partial charge in [-0.05, 0) is 43.3 Å². The zero-order valence-corrected chi connectivity index (χ0v) is 16.5. The zero-order chi connectivity index (χ0) is 20.2. The molecule has 1 saturated heterocycles. The Labute approximate surface area is 169 Å². The van der Waals surface area contributed by atoms with Crippen LogP contribution in [0.25, 0.3) is 0 Å². The fourth-order valence-electron chi connectivity index (χ4n) is 3.29. The molecule has 8 nitrogen and oxygen atoms in total. The number of carbonyl (C=O) groups excluding carboxylic acids is 1. The Hall–Kier alpha value is -3.55. The van der Waals surface area contributed by atoms with Crippen molar-refractivity contribution in [2.45, 2.75) is 6.92 Å². The van der Waals surface area contributed by atoms with Crippen molar-refractivity contribution in [1.29, 1.82) is 0 Å². The third kappa shape index (κ3) is 4.31. The number of nitrogens with one attached hydrogen (secondary N) is 1. The van der Waals surface area contributed by atoms with Crippen molar-refractivity contribution in [3.8, 4) is 5.75 Å². The van der Waals surface area contributed by atoms with Crippen molar-refractivity contribution >= 4 is 23.1 Å². The number of pyridine rings is 1. The number of rotatable bonds is 5. The largest absolute Gasteiger partial charge is 0.497 e. The van der Waals surface area contributed by atoms with Crippen LogP contribution in [0.5, 0.6) is 5.75 Å². The predicted molar refractivity (Wildman–Crippen MR) is 110 cm³/mol. The first-order valence-electron chi connectivity index (χ1n) is 9.47. The molecule has 3 aromatic rings. The van der Waals surface area contributed by atoms with Crippen LogP contribution in [0.4, 0.5) is 17.2 Å². The van der Waals surface area contributed by atoms with E-state index < -0.39 is 0 Å². The molecule has 0 atom stereocenters. The minimum absolute atomic E-state index is 0.0526. The molecule has 8 heteroatoms. The molecule has 1 aromatic carbocycles. The number of ether oxygens (including phenoxy) is 1. The van der Waals surface area contributed by atoms with E-state index in [4.69, 9.17) is 9.26 Å². The van der Waals surface area contributed by atoms with Crippen molar-refractivity contribution in [2.75, 3.05) is 43.5 Å². The van der Waals surface area contributed by atoms with Gasteiger partial charge in [0, 0.05) is 37.9 Å². The summed E-state index contributed by atoms with van der Waals surface area (Å²) in [7, 11) is 1.66. The molecule has 1 aliphatic heterocycles. The van der Waals surface area contributed by atoms with Gasteiger partial charge in [-0.1, -0.05) is 5.16 Å². The van der Waals surface area contributed by atoms with Crippen LogP contribution in [-0.4, -0.2) is 54.2 Å². The summed E-state index contributed by atoms with van der Waals surface area (Å²) in [5, 5.41) is 6.98. The highest BCUT2D eigenvalue weighted by atomic mass is 16.5. The molecule has 0 bridgehead atoms. The van der Waals surface area contributed by atoms with Crippen LogP contribution in [-0.2, 0) is 0 Å². The summed E-state index contributed by atoms with van der Waals surface area (Å²) in [6.45, 7) is 4.70. The van der Waals surface area contributed by atoms with Crippen LogP contribution < -0.4 is 15.0 Å². The minimum Gasteiger partial charge on any atom is -0.497 e. The van der Waals surface area contributed by atoms with Gasteiger partial charge in [0.15, 0.2) is 5.82 Å². The van der Waals surface area contributed by atoms with E-state index >= 15 is 0 Å². The number of methoxy groups -OCH3 is 1. The van der Waals surface area contributed by atoms with Gasteiger partial charge in [0.1, 0.15) is 17.2 Å². The number of hydrogen-bond acceptors (Lipinski definition) is 7. The highest BCUT2D eigenvalue weighted by Gasteiger charge is 2.23. The third-order valence-corrected chi connectivity index (χ3v) is 4.89. The van der Waals surface area contributed by atoms with E-state index in [9.17, 15) is 4.79 Å². The molecule has 1 aliphatic rings. The van der Waals surface area contributed by atoms with E-state index in [1.54, 1.807) is 25.4 Å². The molecular weight excluding hydrogens is 370 g/mol. The summed E-state index contributed by atoms with van der Waals surface area (Å²) in [5.41, 5.74) is 2.32. The lowest BCUT2D eigenvalue weighted by atomic mass is 10.2. The summed E-state index contributed by atoms with van der Waals surface area (Å²) < 4.78 is 10.2. The molecule has 1 fully saturated rings. The van der Waals surface area contributed by atoms with Gasteiger partial charge >= 0.3 is 0 Å². The number of aromatic nitrogens is 2. The van der Waals surface area contributed by atoms with E-state index in [1.165, 1.54) is 0 Å². The molecule has 150 valence electrons. The molecule has 1 N–H and O–H groups in total. The van der Waals surface area contributed by atoms with Gasteiger partial charge in [-0.15, -0.1) is 0 Å². The predicted octanol–water partition coefficient (Wildman–Crippen LogP) is 3.09. The minimum atomic E-state index is -0.0526. The standard InChI is InChI=1S/C21H23N5O3/c1-15-13-20(24-29-15)23-16-3-8-19(22-14-16)21(27)26-11-9-25(10-12-26)17-4-6-18(28-2)7-5-17/h3-8,13-14H,9-12H2,1-2H3,(H,23,24). The maximum absolute atomic E-state index is 12.8. The van der Waals surface area contributed by atoms with Crippen molar-refractivity contribution in [3.63, 3.8) is 0 Å². The molecule has 29 heavy (non-hydrogen) atoms. The Morgan fingerprint density at radius 2 is 1.86 bits per heavy atom. The monoisotopic (exact) mass is 393 g/mol. The van der Waals surface area contributed by atoms with Crippen LogP contribution in [0.15, 0.2) is 53.2 Å². The van der Waals surface area contributed by atoms with E-state index in [-0.39, 0.29) is 5.91 Å². The summed E-state index contributed by atoms with van der Waals surface area (Å²) in [5.74, 6) is 2.12. The molecule has 2 aromatic heterocycles. The fraction of sp³-hybridized carbons (Fsp3) is 0.286. The van der Waals surface area contributed by atoms with Gasteiger partial charge in [0.25, 0.3) is 5.91 Å². The fourth-order valence-corrected chi connectivity index (χ4v) is 3.29. The van der Waals surface area contributed by atoms with Crippen LogP contribution >= 0.6 is 0 Å². The second-order valence-corrected chi connectivity index (χ2v) is 6.86. The van der Waals surface area contributed by atoms with Gasteiger partial charge in [0.2, 0.25) is 0 Å². The molecule has 4 rings (SSSR count). The molecule has 1 amide bonds. The molecule has 0 radical (unpaired) electrons. The first-order valence-corrected chi connectivity index (χ1v) is 9.47. The Morgan fingerprint density at radius 3 is 2.45 bits per heavy atom. The van der Waals surface area contributed by atoms with Crippen LogP contribution in [0.3, 0.4) is 0 Å². The summed E-state index contributed by atoms with van der Waals surface area (Å²) in [6, 6.07) is 13.3. The number of nitrogens with zero attached hydrogens (tertiary/aromatic N) is 4. The van der Waals surface area contributed by atoms with Gasteiger partial charge in [-0.3, -0.25) is 4.79 Å². The van der Waals surface area contributed by atoms with Gasteiger partial charge in [0.05, 0.1) is 19.0 Å². The smallest absolute Gasteiger partial charge is 0.272 e. The number of hydrogen-bond donors (Lipinski definition) is 1. The van der Waals surface area contributed by atoms with Crippen LogP contribution in [0.2, 0.25) is 0 Å². The topological polar surface area (TPSA) is 83.7 Å². The lowest BCUT2D eigenvalue weighted by molar-refractivity contribution is 0.0741. The van der Waals surface area contributed by atoms with E-state index in [1.807, 2.05) is 42.2 Å². The summed E-state index contributed by atoms with van der Waals surface area (Å²) in [4.78, 5) is 21.2. The van der Waals surface area contributed by atoms with Gasteiger partial charge in [-0.2, -0.15) is 0 Å². The Balaban J connectivity index is 1.34. The number of anilines is 3. The number of aryl methyl sites for hydroxylation is 1. The highest BCUT2D eigenvalue weighted by molar-refractivity contribution is 5.92. The van der Waals surface area contributed by atoms with Crippen LogP contribution in [0.1, 0.15) is 16.2 Å². The second kappa shape index (κ2) is 8.22. The molecule has 3 heterocycles. The molecule has 0 saturated carbocycles. The van der Waals surface area contributed by atoms with Crippen LogP contribution in [0, 0.1) is 6.92 Å². The summed E-state index contributed by atoms with van der Waals surface area (Å²) in [6.07, 6.45) is 1.63. The van der Waals surface area contributed by atoms with Gasteiger partial charge < -0.3 is 24.4 Å². The summed E-state index contributed by atoms with van der Waals surface area (Å²) >= 11 is 0. The molecule has 0 unspecified atom stereocenters. The first kappa shape index (κ1) is 18.8. The number of carbonyl (C=O) groups is 1. The lowest BCUT2D eigenvalue weighted by Crippen LogP contribution is -2.49. The van der Waals surface area contributed by atoms with Crippen molar-refractivity contribution in [1.82, 2.24) is 15.0 Å². The Bertz CT molecular complexity index is 961. The maximum atomic E-state index is 12.8. The number of benzene rings is 1. The third-order valence-electron chi connectivity index (χ3n) is 4.89. The van der Waals surface area contributed by atoms with Gasteiger partial charge in [-0.25, -0.2) is 4.98 Å².